The molecule has 7 heteroatoms. The summed E-state index contributed by atoms with van der Waals surface area (Å²) in [7, 11) is 0. The minimum absolute atomic E-state index is 0.240. The quantitative estimate of drug-likeness (QED) is 0.849. The molecular weight excluding hydrogens is 230 g/mol. The summed E-state index contributed by atoms with van der Waals surface area (Å²) in [4.78, 5) is 8.09. The van der Waals surface area contributed by atoms with E-state index >= 15 is 0 Å². The molecule has 0 aromatic carbocycles. The van der Waals surface area contributed by atoms with Crippen molar-refractivity contribution < 1.29 is 0 Å². The lowest BCUT2D eigenvalue weighted by atomic mass is 10.3. The highest BCUT2D eigenvalue weighted by atomic mass is 32.2. The number of nitrogen functional groups attached to an aromatic ring is 1. The zero-order valence-electron chi connectivity index (χ0n) is 7.41. The predicted molar refractivity (Wildman–Crippen MR) is 57.4 cm³/mol. The van der Waals surface area contributed by atoms with Gasteiger partial charge in [-0.15, -0.1) is 0 Å². The third-order valence-corrected chi connectivity index (χ3v) is 3.19. The lowest BCUT2D eigenvalue weighted by Gasteiger charge is -1.99. The molecule has 15 heavy (non-hydrogen) atoms. The van der Waals surface area contributed by atoms with Crippen LogP contribution in [0.5, 0.6) is 0 Å². The van der Waals surface area contributed by atoms with Crippen LogP contribution in [0, 0.1) is 11.3 Å². The van der Waals surface area contributed by atoms with Crippen LogP contribution in [0.4, 0.5) is 5.69 Å². The van der Waals surface area contributed by atoms with Crippen LogP contribution in [0.2, 0.25) is 0 Å². The van der Waals surface area contributed by atoms with E-state index in [-0.39, 0.29) is 5.69 Å². The molecule has 0 radical (unpaired) electrons. The third-order valence-electron chi connectivity index (χ3n) is 1.54. The van der Waals surface area contributed by atoms with Crippen LogP contribution in [0.3, 0.4) is 0 Å². The first kappa shape index (κ1) is 9.89. The maximum atomic E-state index is 8.74. The van der Waals surface area contributed by atoms with E-state index < -0.39 is 0 Å². The van der Waals surface area contributed by atoms with Crippen molar-refractivity contribution in [3.8, 4) is 6.07 Å². The fourth-order valence-corrected chi connectivity index (χ4v) is 2.26. The molecule has 2 rings (SSSR count). The smallest absolute Gasteiger partial charge is 0.175 e. The molecule has 0 saturated heterocycles. The molecule has 2 aromatic rings. The average molecular weight is 235 g/mol. The molecule has 0 atom stereocenters. The molecule has 5 nitrogen and oxygen atoms in total. The third kappa shape index (κ3) is 2.23. The summed E-state index contributed by atoms with van der Waals surface area (Å²) < 4.78 is 4.66. The number of nitrogens with two attached hydrogens (primary N) is 1. The number of hydrogen-bond donors (Lipinski definition) is 1. The Balaban J connectivity index is 2.27. The van der Waals surface area contributed by atoms with Crippen LogP contribution in [0.1, 0.15) is 5.69 Å². The fraction of sp³-hybridized carbons (Fsp3) is 0. The Morgan fingerprint density at radius 1 is 1.47 bits per heavy atom. The van der Waals surface area contributed by atoms with Crippen LogP contribution in [0.15, 0.2) is 27.8 Å². The van der Waals surface area contributed by atoms with Crippen molar-refractivity contribution in [1.29, 1.82) is 5.26 Å². The van der Waals surface area contributed by atoms with E-state index in [0.29, 0.717) is 10.7 Å². The Hall–Kier alpha value is -1.65. The molecule has 0 bridgehead atoms. The Morgan fingerprint density at radius 2 is 2.33 bits per heavy atom. The van der Waals surface area contributed by atoms with Crippen LogP contribution in [-0.4, -0.2) is 14.3 Å². The van der Waals surface area contributed by atoms with Crippen LogP contribution in [-0.2, 0) is 0 Å². The van der Waals surface area contributed by atoms with Crippen molar-refractivity contribution in [2.45, 2.75) is 9.37 Å². The predicted octanol–water partition coefficient (Wildman–Crippen LogP) is 1.54. The second-order valence-electron chi connectivity index (χ2n) is 2.51. The van der Waals surface area contributed by atoms with Gasteiger partial charge in [0.15, 0.2) is 10.0 Å². The van der Waals surface area contributed by atoms with E-state index in [1.54, 1.807) is 12.1 Å². The Morgan fingerprint density at radius 3 is 3.00 bits per heavy atom. The van der Waals surface area contributed by atoms with E-state index in [0.717, 1.165) is 4.34 Å². The summed E-state index contributed by atoms with van der Waals surface area (Å²) in [6.07, 6.45) is 1.48. The van der Waals surface area contributed by atoms with Crippen molar-refractivity contribution in [1.82, 2.24) is 14.3 Å². The molecule has 2 aromatic heterocycles. The number of anilines is 1. The number of nitrogens with zero attached hydrogens (tertiary/aromatic N) is 4. The summed E-state index contributed by atoms with van der Waals surface area (Å²) in [6, 6.07) is 5.35. The van der Waals surface area contributed by atoms with Gasteiger partial charge in [0.2, 0.25) is 0 Å². The maximum absolute atomic E-state index is 8.74. The largest absolute Gasteiger partial charge is 0.396 e. The van der Waals surface area contributed by atoms with Gasteiger partial charge in [-0.05, 0) is 35.4 Å². The van der Waals surface area contributed by atoms with E-state index in [1.807, 2.05) is 6.07 Å². The average Bonchev–Trinajstić information content (AvgIpc) is 2.73. The highest BCUT2D eigenvalue weighted by Crippen LogP contribution is 2.27. The zero-order chi connectivity index (χ0) is 10.7. The number of pyridine rings is 1. The van der Waals surface area contributed by atoms with Gasteiger partial charge in [-0.3, -0.25) is 0 Å². The lowest BCUT2D eigenvalue weighted by Crippen LogP contribution is -1.94. The molecule has 0 aliphatic heterocycles. The zero-order valence-corrected chi connectivity index (χ0v) is 9.05. The summed E-state index contributed by atoms with van der Waals surface area (Å²) in [5, 5.41) is 9.43. The maximum Gasteiger partial charge on any atom is 0.175 e. The van der Waals surface area contributed by atoms with E-state index in [1.165, 1.54) is 29.6 Å². The van der Waals surface area contributed by atoms with Gasteiger partial charge in [-0.25, -0.2) is 9.97 Å². The topological polar surface area (TPSA) is 88.5 Å². The summed E-state index contributed by atoms with van der Waals surface area (Å²) in [5.41, 5.74) is 6.18. The molecule has 0 fully saturated rings. The first-order valence-corrected chi connectivity index (χ1v) is 5.50. The molecule has 74 valence electrons. The van der Waals surface area contributed by atoms with Crippen molar-refractivity contribution in [2.75, 3.05) is 5.73 Å². The number of rotatable bonds is 2. The summed E-state index contributed by atoms with van der Waals surface area (Å²) >= 11 is 2.64. The number of hydrogen-bond acceptors (Lipinski definition) is 7. The molecule has 2 heterocycles. The molecule has 0 aliphatic carbocycles. The van der Waals surface area contributed by atoms with Gasteiger partial charge in [0.25, 0.3) is 0 Å². The van der Waals surface area contributed by atoms with E-state index in [2.05, 4.69) is 14.3 Å². The van der Waals surface area contributed by atoms with Gasteiger partial charge in [-0.2, -0.15) is 9.64 Å². The molecular formula is C8H5N5S2. The Bertz CT molecular complexity index is 502. The standard InChI is InChI=1S/C8H5N5S2/c9-3-6-5(10)1-2-7(13-6)14-8-11-4-12-15-8/h1-2,4H,10H2. The lowest BCUT2D eigenvalue weighted by molar-refractivity contribution is 1.10. The Labute approximate surface area is 94.1 Å². The Kier molecular flexibility index (Phi) is 2.80. The van der Waals surface area contributed by atoms with Crippen molar-refractivity contribution in [2.24, 2.45) is 0 Å². The van der Waals surface area contributed by atoms with E-state index in [9.17, 15) is 0 Å². The number of aromatic nitrogens is 3. The summed E-state index contributed by atoms with van der Waals surface area (Å²) in [5.74, 6) is 0. The molecule has 0 aliphatic rings. The molecule has 0 spiro atoms. The van der Waals surface area contributed by atoms with Crippen LogP contribution in [0.25, 0.3) is 0 Å². The van der Waals surface area contributed by atoms with Crippen LogP contribution < -0.4 is 5.73 Å². The van der Waals surface area contributed by atoms with Crippen molar-refractivity contribution in [3.63, 3.8) is 0 Å². The molecule has 2 N–H and O–H groups in total. The number of nitriles is 1. The monoisotopic (exact) mass is 235 g/mol. The fourth-order valence-electron chi connectivity index (χ4n) is 0.896. The summed E-state index contributed by atoms with van der Waals surface area (Å²) in [6.45, 7) is 0. The van der Waals surface area contributed by atoms with Gasteiger partial charge in [0, 0.05) is 0 Å². The normalized spacial score (nSPS) is 9.80. The molecule has 0 amide bonds. The van der Waals surface area contributed by atoms with Gasteiger partial charge in [-0.1, -0.05) is 0 Å². The highest BCUT2D eigenvalue weighted by Gasteiger charge is 2.05. The first-order valence-electron chi connectivity index (χ1n) is 3.91. The van der Waals surface area contributed by atoms with Gasteiger partial charge in [0.1, 0.15) is 17.4 Å². The van der Waals surface area contributed by atoms with Gasteiger partial charge in [0.05, 0.1) is 5.69 Å². The van der Waals surface area contributed by atoms with Crippen molar-refractivity contribution in [3.05, 3.63) is 24.2 Å². The van der Waals surface area contributed by atoms with Gasteiger partial charge >= 0.3 is 0 Å². The van der Waals surface area contributed by atoms with Crippen molar-refractivity contribution >= 4 is 29.0 Å². The SMILES string of the molecule is N#Cc1nc(Sc2ncns2)ccc1N. The second-order valence-corrected chi connectivity index (χ2v) is 4.56. The molecule has 0 saturated carbocycles. The molecule has 0 unspecified atom stereocenters. The van der Waals surface area contributed by atoms with E-state index in [4.69, 9.17) is 11.0 Å². The minimum atomic E-state index is 0.240. The van der Waals surface area contributed by atoms with Crippen LogP contribution >= 0.6 is 23.3 Å². The second kappa shape index (κ2) is 4.25. The minimum Gasteiger partial charge on any atom is -0.396 e. The highest BCUT2D eigenvalue weighted by molar-refractivity contribution is 8.00. The first-order chi connectivity index (χ1) is 7.29. The van der Waals surface area contributed by atoms with Gasteiger partial charge < -0.3 is 5.73 Å².